The average molecular weight is 538 g/mol. The first-order valence-electron chi connectivity index (χ1n) is 12.8. The smallest absolute Gasteiger partial charge is 0.257 e. The summed E-state index contributed by atoms with van der Waals surface area (Å²) in [5.41, 5.74) is 0.669. The molecule has 1 aromatic heterocycles. The Hall–Kier alpha value is -3.14. The average Bonchev–Trinajstić information content (AvgIpc) is 3.30. The summed E-state index contributed by atoms with van der Waals surface area (Å²) < 4.78 is 13.3. The van der Waals surface area contributed by atoms with E-state index in [1.54, 1.807) is 0 Å². The minimum Gasteiger partial charge on any atom is -0.396 e. The molecular formula is C29H32FN3O4S. The number of nitrogens with one attached hydrogen (secondary N) is 2. The van der Waals surface area contributed by atoms with E-state index in [0.717, 1.165) is 10.6 Å². The van der Waals surface area contributed by atoms with Gasteiger partial charge in [0, 0.05) is 33.9 Å². The number of fused-ring (bicyclic) bond motifs is 2. The fourth-order valence-corrected chi connectivity index (χ4v) is 7.45. The molecule has 0 bridgehead atoms. The number of rotatable bonds is 6. The van der Waals surface area contributed by atoms with Crippen LogP contribution in [-0.2, 0) is 11.2 Å². The second kappa shape index (κ2) is 10.2. The van der Waals surface area contributed by atoms with E-state index < -0.39 is 28.7 Å². The molecule has 4 N–H and O–H groups in total. The highest BCUT2D eigenvalue weighted by Gasteiger charge is 2.59. The summed E-state index contributed by atoms with van der Waals surface area (Å²) in [4.78, 5) is 31.8. The van der Waals surface area contributed by atoms with Crippen molar-refractivity contribution >= 4 is 34.0 Å². The van der Waals surface area contributed by atoms with Gasteiger partial charge in [-0.1, -0.05) is 32.0 Å². The molecule has 0 unspecified atom stereocenters. The van der Waals surface area contributed by atoms with E-state index in [0.29, 0.717) is 35.6 Å². The molecule has 2 aliphatic carbocycles. The van der Waals surface area contributed by atoms with E-state index in [-0.39, 0.29) is 30.8 Å². The number of benzene rings is 2. The second-order valence-corrected chi connectivity index (χ2v) is 12.0. The lowest BCUT2D eigenvalue weighted by atomic mass is 9.47. The molecule has 7 nitrogen and oxygen atoms in total. The third-order valence-corrected chi connectivity index (χ3v) is 9.68. The molecule has 0 spiro atoms. The maximum absolute atomic E-state index is 13.3. The lowest BCUT2D eigenvalue weighted by Crippen LogP contribution is -2.57. The van der Waals surface area contributed by atoms with Crippen LogP contribution in [0, 0.1) is 22.6 Å². The molecule has 1 fully saturated rings. The van der Waals surface area contributed by atoms with Gasteiger partial charge in [-0.3, -0.25) is 14.9 Å². The van der Waals surface area contributed by atoms with E-state index in [4.69, 9.17) is 4.98 Å². The number of aromatic nitrogens is 1. The fraction of sp³-hybridized carbons (Fsp3) is 0.414. The van der Waals surface area contributed by atoms with Crippen molar-refractivity contribution in [1.29, 1.82) is 0 Å². The molecular weight excluding hydrogens is 505 g/mol. The topological polar surface area (TPSA) is 112 Å². The van der Waals surface area contributed by atoms with Gasteiger partial charge in [0.1, 0.15) is 5.82 Å². The van der Waals surface area contributed by atoms with Crippen LogP contribution in [0.4, 0.5) is 15.2 Å². The number of anilines is 2. The highest BCUT2D eigenvalue weighted by Crippen LogP contribution is 2.62. The van der Waals surface area contributed by atoms with E-state index in [1.807, 2.05) is 37.3 Å². The summed E-state index contributed by atoms with van der Waals surface area (Å²) in [6, 6.07) is 14.6. The summed E-state index contributed by atoms with van der Waals surface area (Å²) in [5.74, 6) is -1.32. The molecule has 9 heteroatoms. The van der Waals surface area contributed by atoms with E-state index in [2.05, 4.69) is 17.6 Å². The van der Waals surface area contributed by atoms with Gasteiger partial charge in [-0.2, -0.15) is 0 Å². The molecule has 0 radical (unpaired) electrons. The summed E-state index contributed by atoms with van der Waals surface area (Å²) in [5, 5.41) is 27.6. The van der Waals surface area contributed by atoms with Crippen LogP contribution in [0.5, 0.6) is 0 Å². The Balaban J connectivity index is 1.49. The van der Waals surface area contributed by atoms with Gasteiger partial charge in [0.15, 0.2) is 5.13 Å². The number of carbonyl (C=O) groups is 2. The Bertz CT molecular complexity index is 1330. The lowest BCUT2D eigenvalue weighted by Gasteiger charge is -2.58. The number of thiazole rings is 1. The van der Waals surface area contributed by atoms with Crippen LogP contribution in [0.2, 0.25) is 0 Å². The summed E-state index contributed by atoms with van der Waals surface area (Å²) in [6.45, 7) is 3.89. The Morgan fingerprint density at radius 1 is 1.11 bits per heavy atom. The molecule has 3 aromatic rings. The molecule has 1 heterocycles. The lowest BCUT2D eigenvalue weighted by molar-refractivity contribution is -0.143. The van der Waals surface area contributed by atoms with Gasteiger partial charge in [-0.05, 0) is 67.0 Å². The van der Waals surface area contributed by atoms with Crippen molar-refractivity contribution in [2.45, 2.75) is 51.6 Å². The van der Waals surface area contributed by atoms with E-state index in [1.165, 1.54) is 35.6 Å². The predicted molar refractivity (Wildman–Crippen MR) is 145 cm³/mol. The molecule has 0 aliphatic heterocycles. The number of carbonyl (C=O) groups excluding carboxylic acids is 2. The zero-order chi connectivity index (χ0) is 27.1. The first kappa shape index (κ1) is 26.5. The zero-order valence-electron chi connectivity index (χ0n) is 21.4. The van der Waals surface area contributed by atoms with Crippen LogP contribution in [0.25, 0.3) is 0 Å². The summed E-state index contributed by atoms with van der Waals surface area (Å²) in [6.07, 6.45) is 1.32. The van der Waals surface area contributed by atoms with Crippen molar-refractivity contribution in [3.8, 4) is 0 Å². The molecule has 5 rings (SSSR count). The Kier molecular flexibility index (Phi) is 7.11. The predicted octanol–water partition coefficient (Wildman–Crippen LogP) is 4.98. The van der Waals surface area contributed by atoms with Crippen molar-refractivity contribution in [3.05, 3.63) is 76.5 Å². The first-order chi connectivity index (χ1) is 18.1. The van der Waals surface area contributed by atoms with Crippen molar-refractivity contribution in [1.82, 2.24) is 4.98 Å². The summed E-state index contributed by atoms with van der Waals surface area (Å²) in [7, 11) is 0. The van der Waals surface area contributed by atoms with Crippen molar-refractivity contribution in [2.75, 3.05) is 17.2 Å². The number of nitrogens with zero attached hydrogens (tertiary/aromatic N) is 1. The normalized spacial score (nSPS) is 28.2. The number of hydrogen-bond acceptors (Lipinski definition) is 6. The van der Waals surface area contributed by atoms with Gasteiger partial charge in [0.2, 0.25) is 5.91 Å². The van der Waals surface area contributed by atoms with Crippen LogP contribution in [0.15, 0.2) is 54.6 Å². The number of halogens is 1. The number of aliphatic hydroxyl groups excluding tert-OH is 2. The minimum absolute atomic E-state index is 0.0909. The van der Waals surface area contributed by atoms with Crippen LogP contribution in [0.3, 0.4) is 0 Å². The molecule has 0 saturated heterocycles. The van der Waals surface area contributed by atoms with Gasteiger partial charge < -0.3 is 15.5 Å². The highest BCUT2D eigenvalue weighted by molar-refractivity contribution is 7.15. The van der Waals surface area contributed by atoms with Crippen molar-refractivity contribution in [3.63, 3.8) is 0 Å². The third kappa shape index (κ3) is 4.74. The third-order valence-electron chi connectivity index (χ3n) is 8.67. The van der Waals surface area contributed by atoms with Crippen molar-refractivity contribution in [2.24, 2.45) is 16.7 Å². The largest absolute Gasteiger partial charge is 0.396 e. The van der Waals surface area contributed by atoms with Crippen LogP contribution in [0.1, 0.15) is 60.0 Å². The molecule has 2 aromatic carbocycles. The summed E-state index contributed by atoms with van der Waals surface area (Å²) >= 11 is 1.35. The first-order valence-corrected chi connectivity index (χ1v) is 13.7. The standard InChI is InChI=1S/C29H32FN3O4S/c1-28-13-12-23(35)29(2,16-34)22(28)15-21-25(20(28)14-24(36)31-19-6-4-3-5-7-19)32-27(38-21)33-26(37)17-8-10-18(30)11-9-17/h3-11,20,22-23,34-35H,12-16H2,1-2H3,(H,31,36)(H,32,33,37)/t20-,22+,23-,28+,29+/m1/s1. The quantitative estimate of drug-likeness (QED) is 0.355. The Morgan fingerprint density at radius 2 is 1.82 bits per heavy atom. The van der Waals surface area contributed by atoms with Gasteiger partial charge in [-0.25, -0.2) is 9.37 Å². The van der Waals surface area contributed by atoms with Gasteiger partial charge in [0.05, 0.1) is 18.4 Å². The van der Waals surface area contributed by atoms with Crippen LogP contribution >= 0.6 is 11.3 Å². The molecule has 1 saturated carbocycles. The maximum atomic E-state index is 13.3. The highest BCUT2D eigenvalue weighted by atomic mass is 32.1. The van der Waals surface area contributed by atoms with Crippen LogP contribution in [-0.4, -0.2) is 39.7 Å². The molecule has 200 valence electrons. The van der Waals surface area contributed by atoms with E-state index in [9.17, 15) is 24.2 Å². The van der Waals surface area contributed by atoms with Crippen LogP contribution < -0.4 is 10.6 Å². The SMILES string of the molecule is C[C@]1(CO)[C@H]2Cc3sc(NC(=O)c4ccc(F)cc4)nc3[C@@H](CC(=O)Nc3ccccc3)[C@]2(C)CC[C@H]1O. The number of para-hydroxylation sites is 1. The number of amides is 2. The van der Waals surface area contributed by atoms with E-state index >= 15 is 0 Å². The number of hydrogen-bond donors (Lipinski definition) is 4. The Morgan fingerprint density at radius 3 is 2.50 bits per heavy atom. The minimum atomic E-state index is -0.736. The zero-order valence-corrected chi connectivity index (χ0v) is 22.2. The number of aliphatic hydroxyl groups is 2. The molecule has 38 heavy (non-hydrogen) atoms. The van der Waals surface area contributed by atoms with Gasteiger partial charge >= 0.3 is 0 Å². The molecule has 5 atom stereocenters. The van der Waals surface area contributed by atoms with Gasteiger partial charge in [0.25, 0.3) is 5.91 Å². The maximum Gasteiger partial charge on any atom is 0.257 e. The van der Waals surface area contributed by atoms with Crippen molar-refractivity contribution < 1.29 is 24.2 Å². The second-order valence-electron chi connectivity index (χ2n) is 10.9. The molecule has 2 amide bonds. The van der Waals surface area contributed by atoms with Gasteiger partial charge in [-0.15, -0.1) is 11.3 Å². The fourth-order valence-electron chi connectivity index (χ4n) is 6.39. The molecule has 2 aliphatic rings. The monoisotopic (exact) mass is 537 g/mol. The Labute approximate surface area is 225 Å².